The van der Waals surface area contributed by atoms with Gasteiger partial charge in [-0.25, -0.2) is 0 Å². The van der Waals surface area contributed by atoms with Crippen LogP contribution >= 0.6 is 0 Å². The number of likely N-dealkylation sites (N-methyl/N-ethyl adjacent to an activating group) is 1. The van der Waals surface area contributed by atoms with Crippen LogP contribution in [0.1, 0.15) is 74.7 Å². The molecule has 0 aliphatic carbocycles. The van der Waals surface area contributed by atoms with E-state index >= 15 is 0 Å². The van der Waals surface area contributed by atoms with Crippen LogP contribution in [0.5, 0.6) is 0 Å². The molecule has 0 saturated carbocycles. The number of carbonyl (C=O) groups excluding carboxylic acids is 1. The summed E-state index contributed by atoms with van der Waals surface area (Å²) >= 11 is 0. The minimum atomic E-state index is -1.88. The fourth-order valence-electron chi connectivity index (χ4n) is 6.59. The van der Waals surface area contributed by atoms with Crippen molar-refractivity contribution in [1.82, 2.24) is 4.90 Å². The second-order valence-electron chi connectivity index (χ2n) is 13.2. The lowest BCUT2D eigenvalue weighted by Gasteiger charge is -2.47. The maximum atomic E-state index is 13.2. The lowest BCUT2D eigenvalue weighted by molar-refractivity contribution is -0.300. The molecule has 11 heteroatoms. The highest BCUT2D eigenvalue weighted by Gasteiger charge is 2.51. The lowest BCUT2D eigenvalue weighted by atomic mass is 9.73. The molecule has 40 heavy (non-hydrogen) atoms. The maximum absolute atomic E-state index is 13.2. The molecule has 0 bridgehead atoms. The van der Waals surface area contributed by atoms with E-state index in [2.05, 4.69) is 0 Å². The van der Waals surface area contributed by atoms with E-state index < -0.39 is 83.8 Å². The Labute approximate surface area is 239 Å². The van der Waals surface area contributed by atoms with Gasteiger partial charge in [0.1, 0.15) is 17.8 Å². The molecule has 6 N–H and O–H groups in total. The van der Waals surface area contributed by atoms with Crippen LogP contribution in [0, 0.1) is 23.7 Å². The van der Waals surface area contributed by atoms with Crippen molar-refractivity contribution in [3.63, 3.8) is 0 Å². The number of aliphatic hydroxyl groups excluding tert-OH is 4. The minimum absolute atomic E-state index is 0.0133. The fourth-order valence-corrected chi connectivity index (χ4v) is 6.59. The van der Waals surface area contributed by atoms with Crippen molar-refractivity contribution in [3.05, 3.63) is 0 Å². The van der Waals surface area contributed by atoms with Crippen molar-refractivity contribution in [3.8, 4) is 0 Å². The highest BCUT2D eigenvalue weighted by molar-refractivity contribution is 5.73. The highest BCUT2D eigenvalue weighted by Crippen LogP contribution is 2.38. The number of nitrogens with zero attached hydrogens (tertiary/aromatic N) is 1. The summed E-state index contributed by atoms with van der Waals surface area (Å²) in [6.45, 7) is 12.9. The Morgan fingerprint density at radius 2 is 1.52 bits per heavy atom. The molecular weight excluding hydrogens is 522 g/mol. The molecule has 0 aromatic carbocycles. The zero-order valence-electron chi connectivity index (χ0n) is 25.9. The van der Waals surface area contributed by atoms with Crippen molar-refractivity contribution in [2.24, 2.45) is 23.7 Å². The third-order valence-corrected chi connectivity index (χ3v) is 9.31. The van der Waals surface area contributed by atoms with E-state index in [1.54, 1.807) is 27.7 Å². The third-order valence-electron chi connectivity index (χ3n) is 9.31. The van der Waals surface area contributed by atoms with E-state index in [1.807, 2.05) is 25.9 Å². The number of esters is 1. The second-order valence-corrected chi connectivity index (χ2v) is 13.2. The maximum Gasteiger partial charge on any atom is 0.311 e. The van der Waals surface area contributed by atoms with Gasteiger partial charge >= 0.3 is 5.97 Å². The molecule has 0 radical (unpaired) electrons. The van der Waals surface area contributed by atoms with Crippen LogP contribution < -0.4 is 0 Å². The van der Waals surface area contributed by atoms with Gasteiger partial charge < -0.3 is 49.7 Å². The second kappa shape index (κ2) is 13.6. The normalized spacial score (nSPS) is 50.3. The topological polar surface area (TPSA) is 169 Å². The standard InChI is InChI=1S/C29H55NO10/c1-11-20-29(8,37)24(34)16(4)21(31)14(2)13-28(7,36)25(17(5)22(32)18(6)26(35)39-20)40-27-23(33)19(30(9)10)12-15(3)38-27/h14-25,27,31-34,36-37H,11-13H2,1-10H3/t14-,15-,16+,17+,18-,19-,20+,21-,22-,23-,24-,25-,27+,28+,29-/m1/s1. The molecule has 236 valence electrons. The zero-order chi connectivity index (χ0) is 30.9. The molecule has 2 aliphatic rings. The van der Waals surface area contributed by atoms with Gasteiger partial charge in [-0.05, 0) is 67.0 Å². The van der Waals surface area contributed by atoms with Gasteiger partial charge in [-0.1, -0.05) is 27.7 Å². The summed E-state index contributed by atoms with van der Waals surface area (Å²) in [5.74, 6) is -4.14. The van der Waals surface area contributed by atoms with Crippen LogP contribution in [0.25, 0.3) is 0 Å². The molecule has 0 amide bonds. The van der Waals surface area contributed by atoms with E-state index in [-0.39, 0.29) is 25.0 Å². The molecule has 2 aliphatic heterocycles. The average molecular weight is 578 g/mol. The first-order chi connectivity index (χ1) is 18.3. The summed E-state index contributed by atoms with van der Waals surface area (Å²) in [5.41, 5.74) is -3.56. The zero-order valence-corrected chi connectivity index (χ0v) is 25.9. The SMILES string of the molecule is CC[C@@H]1OC(=O)[C@H](C)[C@H](O)[C@H](C)[C@@H](O[C@@H]2O[C@H](C)C[C@@H](N(C)C)[C@H]2O)[C@@](C)(O)C[C@@H](C)[C@@H](O)[C@H](C)[C@@H](O)[C@]1(C)O. The summed E-state index contributed by atoms with van der Waals surface area (Å²) in [6, 6.07) is -0.270. The monoisotopic (exact) mass is 577 g/mol. The van der Waals surface area contributed by atoms with Gasteiger partial charge in [-0.15, -0.1) is 0 Å². The van der Waals surface area contributed by atoms with Crippen molar-refractivity contribution < 1.29 is 49.6 Å². The Balaban J connectivity index is 2.54. The number of cyclic esters (lactones) is 1. The number of hydrogen-bond acceptors (Lipinski definition) is 11. The molecule has 15 atom stereocenters. The van der Waals surface area contributed by atoms with Crippen LogP contribution in [0.15, 0.2) is 0 Å². The first-order valence-electron chi connectivity index (χ1n) is 14.6. The lowest BCUT2D eigenvalue weighted by Crippen LogP contribution is -2.60. The van der Waals surface area contributed by atoms with Gasteiger partial charge in [0.2, 0.25) is 0 Å². The molecular formula is C29H55NO10. The summed E-state index contributed by atoms with van der Waals surface area (Å²) in [5, 5.41) is 67.8. The van der Waals surface area contributed by atoms with Gasteiger partial charge in [-0.3, -0.25) is 4.79 Å². The number of aliphatic hydroxyl groups is 6. The van der Waals surface area contributed by atoms with Crippen LogP contribution in [0.4, 0.5) is 0 Å². The van der Waals surface area contributed by atoms with E-state index in [1.165, 1.54) is 20.8 Å². The molecule has 11 nitrogen and oxygen atoms in total. The first-order valence-corrected chi connectivity index (χ1v) is 14.6. The van der Waals surface area contributed by atoms with Crippen molar-refractivity contribution >= 4 is 5.97 Å². The molecule has 0 aromatic rings. The Hall–Kier alpha value is -0.890. The van der Waals surface area contributed by atoms with Gasteiger partial charge in [-0.2, -0.15) is 0 Å². The summed E-state index contributed by atoms with van der Waals surface area (Å²) in [7, 11) is 3.69. The molecule has 0 unspecified atom stereocenters. The summed E-state index contributed by atoms with van der Waals surface area (Å²) in [6.07, 6.45) is -7.86. The van der Waals surface area contributed by atoms with Crippen molar-refractivity contribution in [2.45, 2.75) is 141 Å². The fraction of sp³-hybridized carbons (Fsp3) is 0.966. The summed E-state index contributed by atoms with van der Waals surface area (Å²) < 4.78 is 17.9. The van der Waals surface area contributed by atoms with Crippen LogP contribution in [0.2, 0.25) is 0 Å². The molecule has 2 fully saturated rings. The predicted octanol–water partition coefficient (Wildman–Crippen LogP) is 0.652. The Morgan fingerprint density at radius 1 is 0.950 bits per heavy atom. The van der Waals surface area contributed by atoms with Crippen LogP contribution in [0.3, 0.4) is 0 Å². The van der Waals surface area contributed by atoms with Crippen LogP contribution in [-0.4, -0.2) is 122 Å². The van der Waals surface area contributed by atoms with Gasteiger partial charge in [0, 0.05) is 17.9 Å². The first kappa shape index (κ1) is 35.3. The van der Waals surface area contributed by atoms with Gasteiger partial charge in [0.05, 0.1) is 42.0 Å². The van der Waals surface area contributed by atoms with Crippen LogP contribution in [-0.2, 0) is 19.0 Å². The Kier molecular flexibility index (Phi) is 12.0. The summed E-state index contributed by atoms with van der Waals surface area (Å²) in [4.78, 5) is 15.1. The number of ether oxygens (including phenoxy) is 3. The van der Waals surface area contributed by atoms with Gasteiger partial charge in [0.25, 0.3) is 0 Å². The molecule has 0 spiro atoms. The third kappa shape index (κ3) is 7.54. The highest BCUT2D eigenvalue weighted by atomic mass is 16.7. The molecule has 2 saturated heterocycles. The Bertz CT molecular complexity index is 823. The van der Waals surface area contributed by atoms with E-state index in [0.29, 0.717) is 6.42 Å². The minimum Gasteiger partial charge on any atom is -0.459 e. The number of hydrogen-bond donors (Lipinski definition) is 6. The predicted molar refractivity (Wildman–Crippen MR) is 148 cm³/mol. The average Bonchev–Trinajstić information content (AvgIpc) is 2.87. The largest absolute Gasteiger partial charge is 0.459 e. The number of carbonyl (C=O) groups is 1. The Morgan fingerprint density at radius 3 is 2.05 bits per heavy atom. The van der Waals surface area contributed by atoms with E-state index in [0.717, 1.165) is 0 Å². The van der Waals surface area contributed by atoms with E-state index in [4.69, 9.17) is 14.2 Å². The molecule has 2 rings (SSSR count). The van der Waals surface area contributed by atoms with Crippen molar-refractivity contribution in [1.29, 1.82) is 0 Å². The number of rotatable bonds is 4. The quantitative estimate of drug-likeness (QED) is 0.259. The van der Waals surface area contributed by atoms with E-state index in [9.17, 15) is 35.4 Å². The van der Waals surface area contributed by atoms with Gasteiger partial charge in [0.15, 0.2) is 6.29 Å². The molecule has 0 aromatic heterocycles. The molecule has 2 heterocycles. The smallest absolute Gasteiger partial charge is 0.311 e. The van der Waals surface area contributed by atoms with Crippen molar-refractivity contribution in [2.75, 3.05) is 14.1 Å².